The maximum absolute atomic E-state index is 12.9. The average molecular weight is 554 g/mol. The van der Waals surface area contributed by atoms with E-state index in [0.29, 0.717) is 25.1 Å². The van der Waals surface area contributed by atoms with Crippen molar-refractivity contribution in [3.05, 3.63) is 64.9 Å². The topological polar surface area (TPSA) is 84.2 Å². The van der Waals surface area contributed by atoms with Crippen LogP contribution in [0.1, 0.15) is 56.2 Å². The standard InChI is InChI=1S/C30H36ClN3O5/c1-30(2,3)39-29(36)34-15-10-23(19-34)32-28(35)27-17-21-16-25(8-9-26(21)38-27)37-24-11-13-33(14-12-24)18-20-4-6-22(31)7-5-20/h4-9,16-17,23-24H,10-15,18-19H2,1-3H3,(H,32,35)/t23-/m0/s1. The van der Waals surface area contributed by atoms with Gasteiger partial charge in [-0.15, -0.1) is 0 Å². The fraction of sp³-hybridized carbons (Fsp3) is 0.467. The lowest BCUT2D eigenvalue weighted by Gasteiger charge is -2.32. The van der Waals surface area contributed by atoms with Crippen LogP contribution >= 0.6 is 11.6 Å². The van der Waals surface area contributed by atoms with Gasteiger partial charge in [-0.2, -0.15) is 0 Å². The molecule has 8 nitrogen and oxygen atoms in total. The Morgan fingerprint density at radius 3 is 2.49 bits per heavy atom. The molecule has 0 unspecified atom stereocenters. The van der Waals surface area contributed by atoms with E-state index >= 15 is 0 Å². The summed E-state index contributed by atoms with van der Waals surface area (Å²) in [6.45, 7) is 9.32. The molecule has 2 aliphatic heterocycles. The Labute approximate surface area is 234 Å². The van der Waals surface area contributed by atoms with Crippen LogP contribution in [0.15, 0.2) is 52.9 Å². The molecule has 0 spiro atoms. The lowest BCUT2D eigenvalue weighted by atomic mass is 10.1. The van der Waals surface area contributed by atoms with Gasteiger partial charge in [-0.05, 0) is 82.0 Å². The number of likely N-dealkylation sites (tertiary alicyclic amines) is 2. The summed E-state index contributed by atoms with van der Waals surface area (Å²) >= 11 is 6.00. The first-order valence-corrected chi connectivity index (χ1v) is 13.9. The van der Waals surface area contributed by atoms with Crippen LogP contribution in [0.3, 0.4) is 0 Å². The fourth-order valence-electron chi connectivity index (χ4n) is 5.06. The molecule has 9 heteroatoms. The Bertz CT molecular complexity index is 1310. The van der Waals surface area contributed by atoms with Crippen LogP contribution in [-0.2, 0) is 11.3 Å². The highest BCUT2D eigenvalue weighted by molar-refractivity contribution is 6.30. The highest BCUT2D eigenvalue weighted by Crippen LogP contribution is 2.27. The van der Waals surface area contributed by atoms with Crippen molar-refractivity contribution in [3.8, 4) is 5.75 Å². The number of furan rings is 1. The molecule has 1 aromatic heterocycles. The molecule has 208 valence electrons. The molecule has 0 saturated carbocycles. The summed E-state index contributed by atoms with van der Waals surface area (Å²) in [6, 6.07) is 15.3. The van der Waals surface area contributed by atoms with Crippen LogP contribution in [-0.4, -0.2) is 65.7 Å². The summed E-state index contributed by atoms with van der Waals surface area (Å²) in [6.07, 6.45) is 2.36. The van der Waals surface area contributed by atoms with E-state index in [0.717, 1.165) is 48.6 Å². The molecule has 2 aliphatic rings. The SMILES string of the molecule is CC(C)(C)OC(=O)N1CC[C@H](NC(=O)c2cc3cc(OC4CCN(Cc5ccc(Cl)cc5)CC4)ccc3o2)C1. The lowest BCUT2D eigenvalue weighted by Crippen LogP contribution is -2.40. The van der Waals surface area contributed by atoms with E-state index in [2.05, 4.69) is 22.3 Å². The number of carbonyl (C=O) groups excluding carboxylic acids is 2. The summed E-state index contributed by atoms with van der Waals surface area (Å²) in [4.78, 5) is 29.2. The first-order valence-electron chi connectivity index (χ1n) is 13.6. The highest BCUT2D eigenvalue weighted by atomic mass is 35.5. The van der Waals surface area contributed by atoms with Gasteiger partial charge in [0.1, 0.15) is 23.0 Å². The molecule has 1 atom stereocenters. The number of fused-ring (bicyclic) bond motifs is 1. The van der Waals surface area contributed by atoms with E-state index in [9.17, 15) is 9.59 Å². The average Bonchev–Trinajstić information content (AvgIpc) is 3.53. The number of hydrogen-bond acceptors (Lipinski definition) is 6. The summed E-state index contributed by atoms with van der Waals surface area (Å²) < 4.78 is 17.5. The smallest absolute Gasteiger partial charge is 0.410 e. The number of amides is 2. The van der Waals surface area contributed by atoms with Gasteiger partial charge in [0.15, 0.2) is 5.76 Å². The molecule has 39 heavy (non-hydrogen) atoms. The predicted octanol–water partition coefficient (Wildman–Crippen LogP) is 5.87. The second-order valence-electron chi connectivity index (χ2n) is 11.4. The Kier molecular flexibility index (Phi) is 8.05. The molecule has 0 bridgehead atoms. The van der Waals surface area contributed by atoms with Crippen LogP contribution in [0.4, 0.5) is 4.79 Å². The van der Waals surface area contributed by atoms with Gasteiger partial charge in [0.2, 0.25) is 0 Å². The molecule has 2 fully saturated rings. The van der Waals surface area contributed by atoms with Crippen LogP contribution in [0.25, 0.3) is 11.0 Å². The zero-order chi connectivity index (χ0) is 27.6. The van der Waals surface area contributed by atoms with Crippen molar-refractivity contribution >= 4 is 34.6 Å². The number of nitrogens with one attached hydrogen (secondary N) is 1. The Hall–Kier alpha value is -3.23. The third-order valence-corrected chi connectivity index (χ3v) is 7.30. The maximum Gasteiger partial charge on any atom is 0.410 e. The molecular weight excluding hydrogens is 518 g/mol. The first-order chi connectivity index (χ1) is 18.6. The normalized spacial score (nSPS) is 18.9. The molecule has 3 aromatic rings. The number of rotatable bonds is 6. The maximum atomic E-state index is 12.9. The number of benzene rings is 2. The van der Waals surface area contributed by atoms with Crippen LogP contribution in [0.5, 0.6) is 5.75 Å². The summed E-state index contributed by atoms with van der Waals surface area (Å²) in [5, 5.41) is 4.56. The van der Waals surface area contributed by atoms with Crippen LogP contribution in [0, 0.1) is 0 Å². The minimum atomic E-state index is -0.551. The van der Waals surface area contributed by atoms with Crippen molar-refractivity contribution in [2.75, 3.05) is 26.2 Å². The number of hydrogen-bond donors (Lipinski definition) is 1. The van der Waals surface area contributed by atoms with Crippen molar-refractivity contribution in [1.29, 1.82) is 0 Å². The van der Waals surface area contributed by atoms with Gasteiger partial charge in [-0.1, -0.05) is 23.7 Å². The van der Waals surface area contributed by atoms with Crippen LogP contribution < -0.4 is 10.1 Å². The van der Waals surface area contributed by atoms with Gasteiger partial charge in [0.05, 0.1) is 0 Å². The molecule has 1 N–H and O–H groups in total. The van der Waals surface area contributed by atoms with Crippen LogP contribution in [0.2, 0.25) is 5.02 Å². The van der Waals surface area contributed by atoms with Crippen molar-refractivity contribution in [3.63, 3.8) is 0 Å². The minimum Gasteiger partial charge on any atom is -0.490 e. The molecule has 0 aliphatic carbocycles. The summed E-state index contributed by atoms with van der Waals surface area (Å²) in [5.41, 5.74) is 1.34. The molecule has 5 rings (SSSR count). The van der Waals surface area contributed by atoms with Gasteiger partial charge in [0, 0.05) is 49.2 Å². The number of halogens is 1. The third-order valence-electron chi connectivity index (χ3n) is 7.04. The second kappa shape index (κ2) is 11.5. The van der Waals surface area contributed by atoms with Gasteiger partial charge in [-0.25, -0.2) is 4.79 Å². The monoisotopic (exact) mass is 553 g/mol. The van der Waals surface area contributed by atoms with E-state index in [1.165, 1.54) is 5.56 Å². The minimum absolute atomic E-state index is 0.147. The Morgan fingerprint density at radius 2 is 1.77 bits per heavy atom. The van der Waals surface area contributed by atoms with Gasteiger partial charge >= 0.3 is 6.09 Å². The Morgan fingerprint density at radius 1 is 1.03 bits per heavy atom. The number of ether oxygens (including phenoxy) is 2. The Balaban J connectivity index is 1.12. The highest BCUT2D eigenvalue weighted by Gasteiger charge is 2.31. The van der Waals surface area contributed by atoms with E-state index in [-0.39, 0.29) is 29.9 Å². The molecule has 2 amide bonds. The van der Waals surface area contributed by atoms with Gasteiger partial charge in [0.25, 0.3) is 5.91 Å². The molecule has 0 radical (unpaired) electrons. The van der Waals surface area contributed by atoms with E-state index in [1.807, 2.05) is 51.1 Å². The molecule has 2 aromatic carbocycles. The fourth-order valence-corrected chi connectivity index (χ4v) is 5.19. The summed E-state index contributed by atoms with van der Waals surface area (Å²) in [5.74, 6) is 0.723. The quantitative estimate of drug-likeness (QED) is 0.411. The van der Waals surface area contributed by atoms with Crippen molar-refractivity contribution in [2.24, 2.45) is 0 Å². The summed E-state index contributed by atoms with van der Waals surface area (Å²) in [7, 11) is 0. The second-order valence-corrected chi connectivity index (χ2v) is 11.9. The molecule has 2 saturated heterocycles. The van der Waals surface area contributed by atoms with Crippen molar-refractivity contribution in [1.82, 2.24) is 15.1 Å². The van der Waals surface area contributed by atoms with E-state index < -0.39 is 5.60 Å². The predicted molar refractivity (Wildman–Crippen MR) is 150 cm³/mol. The third kappa shape index (κ3) is 7.25. The van der Waals surface area contributed by atoms with Gasteiger partial charge < -0.3 is 24.1 Å². The molecule has 3 heterocycles. The lowest BCUT2D eigenvalue weighted by molar-refractivity contribution is 0.0290. The van der Waals surface area contributed by atoms with Gasteiger partial charge in [-0.3, -0.25) is 9.69 Å². The van der Waals surface area contributed by atoms with E-state index in [4.69, 9.17) is 25.5 Å². The number of nitrogens with zero attached hydrogens (tertiary/aromatic N) is 2. The zero-order valence-electron chi connectivity index (χ0n) is 22.7. The number of piperidine rings is 1. The van der Waals surface area contributed by atoms with Crippen molar-refractivity contribution in [2.45, 2.75) is 64.3 Å². The van der Waals surface area contributed by atoms with E-state index in [1.54, 1.807) is 11.0 Å². The van der Waals surface area contributed by atoms with Crippen molar-refractivity contribution < 1.29 is 23.5 Å². The zero-order valence-corrected chi connectivity index (χ0v) is 23.5. The first kappa shape index (κ1) is 27.3. The largest absolute Gasteiger partial charge is 0.490 e. The number of carbonyl (C=O) groups is 2. The molecular formula is C30H36ClN3O5.